The second-order valence-electron chi connectivity index (χ2n) is 3.92. The summed E-state index contributed by atoms with van der Waals surface area (Å²) >= 11 is 17.9. The summed E-state index contributed by atoms with van der Waals surface area (Å²) in [7, 11) is 0. The van der Waals surface area contributed by atoms with E-state index in [0.29, 0.717) is 0 Å². The van der Waals surface area contributed by atoms with Gasteiger partial charge in [0.25, 0.3) is 5.69 Å². The predicted octanol–water partition coefficient (Wildman–Crippen LogP) is 5.31. The Hall–Kier alpha value is -2.11. The largest absolute Gasteiger partial charge is 0.453 e. The van der Waals surface area contributed by atoms with Gasteiger partial charge >= 0.3 is 0 Å². The number of nitro benzene ring substituents is 1. The third kappa shape index (κ3) is 3.55. The van der Waals surface area contributed by atoms with Crippen molar-refractivity contribution in [2.45, 2.75) is 0 Å². The van der Waals surface area contributed by atoms with Gasteiger partial charge in [-0.3, -0.25) is 10.1 Å². The molecule has 0 heterocycles. The van der Waals surface area contributed by atoms with E-state index in [2.05, 4.69) is 4.99 Å². The van der Waals surface area contributed by atoms with Crippen molar-refractivity contribution in [2.75, 3.05) is 0 Å². The maximum absolute atomic E-state index is 10.7. The second-order valence-corrected chi connectivity index (χ2v) is 5.14. The molecule has 2 aromatic carbocycles. The zero-order valence-electron chi connectivity index (χ0n) is 10.5. The van der Waals surface area contributed by atoms with Gasteiger partial charge in [0.05, 0.1) is 25.7 Å². The molecule has 0 saturated carbocycles. The molecule has 22 heavy (non-hydrogen) atoms. The van der Waals surface area contributed by atoms with Crippen LogP contribution in [0, 0.1) is 10.1 Å². The first kappa shape index (κ1) is 16.3. The van der Waals surface area contributed by atoms with Crippen LogP contribution in [-0.4, -0.2) is 11.0 Å². The number of nitrogens with zero attached hydrogens (tertiary/aromatic N) is 2. The molecule has 0 fully saturated rings. The lowest BCUT2D eigenvalue weighted by Crippen LogP contribution is -1.91. The molecule has 0 saturated heterocycles. The minimum atomic E-state index is -0.582. The van der Waals surface area contributed by atoms with E-state index in [0.717, 1.165) is 6.07 Å². The van der Waals surface area contributed by atoms with Gasteiger partial charge < -0.3 is 4.74 Å². The Kier molecular flexibility index (Phi) is 5.00. The molecule has 0 atom stereocenters. The normalized spacial score (nSPS) is 9.95. The molecule has 9 heteroatoms. The topological polar surface area (TPSA) is 81.8 Å². The first-order valence-corrected chi connectivity index (χ1v) is 6.74. The summed E-state index contributed by atoms with van der Waals surface area (Å²) in [5, 5.41) is 10.9. The molecule has 0 aliphatic heterocycles. The molecule has 0 amide bonds. The lowest BCUT2D eigenvalue weighted by atomic mass is 10.3. The fourth-order valence-corrected chi connectivity index (χ4v) is 2.32. The standard InChI is InChI=1S/C13H5Cl3N2O4/c14-9-5-8(18(20)21)1-2-12(9)22-13-10(15)3-7(17-6-19)4-11(13)16/h1-5H. The highest BCUT2D eigenvalue weighted by Crippen LogP contribution is 2.41. The van der Waals surface area contributed by atoms with Crippen molar-refractivity contribution >= 4 is 52.3 Å². The highest BCUT2D eigenvalue weighted by atomic mass is 35.5. The molecule has 0 aliphatic carbocycles. The molecule has 0 aliphatic rings. The lowest BCUT2D eigenvalue weighted by molar-refractivity contribution is -0.384. The smallest absolute Gasteiger partial charge is 0.271 e. The van der Waals surface area contributed by atoms with Crippen LogP contribution < -0.4 is 4.74 Å². The number of ether oxygens (including phenoxy) is 1. The van der Waals surface area contributed by atoms with Crippen LogP contribution in [0.25, 0.3) is 0 Å². The summed E-state index contributed by atoms with van der Waals surface area (Å²) in [5.74, 6) is 0.228. The van der Waals surface area contributed by atoms with Gasteiger partial charge in [-0.2, -0.15) is 4.99 Å². The summed E-state index contributed by atoms with van der Waals surface area (Å²) in [4.78, 5) is 23.7. The molecule has 0 N–H and O–H groups in total. The highest BCUT2D eigenvalue weighted by molar-refractivity contribution is 6.37. The number of benzene rings is 2. The SMILES string of the molecule is O=C=Nc1cc(Cl)c(Oc2ccc([N+](=O)[O-])cc2Cl)c(Cl)c1. The summed E-state index contributed by atoms with van der Waals surface area (Å²) in [6.45, 7) is 0. The molecular formula is C13H5Cl3N2O4. The quantitative estimate of drug-likeness (QED) is 0.320. The van der Waals surface area contributed by atoms with Gasteiger partial charge in [0.1, 0.15) is 5.75 Å². The molecule has 0 spiro atoms. The van der Waals surface area contributed by atoms with Gasteiger partial charge in [0, 0.05) is 12.1 Å². The number of aliphatic imine (C=N–C) groups is 1. The maximum atomic E-state index is 10.7. The Morgan fingerprint density at radius 1 is 1.09 bits per heavy atom. The number of halogens is 3. The van der Waals surface area contributed by atoms with E-state index in [1.807, 2.05) is 0 Å². The van der Waals surface area contributed by atoms with Crippen LogP contribution in [0.1, 0.15) is 0 Å². The number of rotatable bonds is 4. The van der Waals surface area contributed by atoms with Crippen molar-refractivity contribution in [3.05, 3.63) is 55.5 Å². The van der Waals surface area contributed by atoms with Crippen LogP contribution in [0.3, 0.4) is 0 Å². The maximum Gasteiger partial charge on any atom is 0.271 e. The molecule has 0 aromatic heterocycles. The lowest BCUT2D eigenvalue weighted by Gasteiger charge is -2.11. The van der Waals surface area contributed by atoms with Crippen LogP contribution in [0.2, 0.25) is 15.1 Å². The Labute approximate surface area is 139 Å². The van der Waals surface area contributed by atoms with Gasteiger partial charge in [-0.05, 0) is 18.2 Å². The zero-order chi connectivity index (χ0) is 16.3. The highest BCUT2D eigenvalue weighted by Gasteiger charge is 2.15. The summed E-state index contributed by atoms with van der Waals surface area (Å²) in [6, 6.07) is 6.41. The van der Waals surface area contributed by atoms with Gasteiger partial charge in [-0.25, -0.2) is 4.79 Å². The van der Waals surface area contributed by atoms with Crippen molar-refractivity contribution in [1.29, 1.82) is 0 Å². The van der Waals surface area contributed by atoms with E-state index in [1.165, 1.54) is 30.3 Å². The van der Waals surface area contributed by atoms with Crippen molar-refractivity contribution < 1.29 is 14.5 Å². The molecular weight excluding hydrogens is 355 g/mol. The average molecular weight is 360 g/mol. The summed E-state index contributed by atoms with van der Waals surface area (Å²) in [6.07, 6.45) is 1.37. The van der Waals surface area contributed by atoms with Crippen molar-refractivity contribution in [2.24, 2.45) is 4.99 Å². The van der Waals surface area contributed by atoms with Gasteiger partial charge in [-0.15, -0.1) is 0 Å². The minimum Gasteiger partial charge on any atom is -0.453 e. The number of carbonyl (C=O) groups excluding carboxylic acids is 1. The first-order chi connectivity index (χ1) is 10.4. The number of isocyanates is 1. The van der Waals surface area contributed by atoms with E-state index in [-0.39, 0.29) is 37.9 Å². The fraction of sp³-hybridized carbons (Fsp3) is 0. The van der Waals surface area contributed by atoms with Gasteiger partial charge in [-0.1, -0.05) is 34.8 Å². The van der Waals surface area contributed by atoms with E-state index < -0.39 is 4.92 Å². The number of hydrogen-bond donors (Lipinski definition) is 0. The number of nitro groups is 1. The van der Waals surface area contributed by atoms with E-state index in [9.17, 15) is 14.9 Å². The third-order valence-electron chi connectivity index (χ3n) is 2.50. The zero-order valence-corrected chi connectivity index (χ0v) is 12.8. The summed E-state index contributed by atoms with van der Waals surface area (Å²) in [5.41, 5.74) is 0.0392. The third-order valence-corrected chi connectivity index (χ3v) is 3.35. The molecule has 2 rings (SSSR count). The van der Waals surface area contributed by atoms with Crippen molar-refractivity contribution in [1.82, 2.24) is 0 Å². The van der Waals surface area contributed by atoms with E-state index >= 15 is 0 Å². The van der Waals surface area contributed by atoms with Crippen LogP contribution >= 0.6 is 34.8 Å². The first-order valence-electron chi connectivity index (χ1n) is 5.61. The van der Waals surface area contributed by atoms with Crippen LogP contribution in [0.15, 0.2) is 35.3 Å². The Morgan fingerprint density at radius 2 is 1.73 bits per heavy atom. The number of hydrogen-bond acceptors (Lipinski definition) is 5. The molecule has 0 radical (unpaired) electrons. The predicted molar refractivity (Wildman–Crippen MR) is 82.4 cm³/mol. The van der Waals surface area contributed by atoms with Crippen LogP contribution in [-0.2, 0) is 4.79 Å². The Morgan fingerprint density at radius 3 is 2.23 bits per heavy atom. The molecule has 2 aromatic rings. The monoisotopic (exact) mass is 358 g/mol. The van der Waals surface area contributed by atoms with Crippen molar-refractivity contribution in [3.63, 3.8) is 0 Å². The minimum absolute atomic E-state index is 0.0244. The van der Waals surface area contributed by atoms with E-state index in [1.54, 1.807) is 0 Å². The molecule has 0 unspecified atom stereocenters. The van der Waals surface area contributed by atoms with E-state index in [4.69, 9.17) is 39.5 Å². The van der Waals surface area contributed by atoms with Crippen LogP contribution in [0.4, 0.5) is 11.4 Å². The summed E-state index contributed by atoms with van der Waals surface area (Å²) < 4.78 is 5.48. The number of non-ortho nitro benzene ring substituents is 1. The van der Waals surface area contributed by atoms with Gasteiger partial charge in [0.2, 0.25) is 6.08 Å². The molecule has 6 nitrogen and oxygen atoms in total. The fourth-order valence-electron chi connectivity index (χ4n) is 1.56. The Bertz CT molecular complexity index is 781. The Balaban J connectivity index is 2.39. The molecule has 0 bridgehead atoms. The van der Waals surface area contributed by atoms with Crippen LogP contribution in [0.5, 0.6) is 11.5 Å². The molecule has 112 valence electrons. The second kappa shape index (κ2) is 6.77. The van der Waals surface area contributed by atoms with Crippen molar-refractivity contribution in [3.8, 4) is 11.5 Å². The van der Waals surface area contributed by atoms with Gasteiger partial charge in [0.15, 0.2) is 5.75 Å². The average Bonchev–Trinajstić information content (AvgIpc) is 2.44.